The Balaban J connectivity index is 1.91. The molecule has 7 heteroatoms. The summed E-state index contributed by atoms with van der Waals surface area (Å²) in [6.07, 6.45) is 1.93. The molecular weight excluding hydrogens is 340 g/mol. The molecule has 0 saturated heterocycles. The molecule has 0 bridgehead atoms. The molecule has 0 N–H and O–H groups in total. The molecule has 2 aromatic rings. The largest absolute Gasteiger partial charge is 0.497 e. The summed E-state index contributed by atoms with van der Waals surface area (Å²) in [6, 6.07) is 5.40. The number of methoxy groups -OCH3 is 2. The summed E-state index contributed by atoms with van der Waals surface area (Å²) in [5.41, 5.74) is 3.62. The van der Waals surface area contributed by atoms with Crippen LogP contribution in [0.15, 0.2) is 29.4 Å². The van der Waals surface area contributed by atoms with E-state index in [0.717, 1.165) is 16.7 Å². The van der Waals surface area contributed by atoms with Crippen LogP contribution in [0.25, 0.3) is 0 Å². The molecular formula is C18H20N2O4S. The molecule has 0 fully saturated rings. The lowest BCUT2D eigenvalue weighted by Crippen LogP contribution is -2.18. The molecule has 6 nitrogen and oxygen atoms in total. The van der Waals surface area contributed by atoms with Crippen LogP contribution < -0.4 is 9.47 Å². The molecule has 132 valence electrons. The van der Waals surface area contributed by atoms with Crippen molar-refractivity contribution < 1.29 is 17.9 Å². The first-order valence-corrected chi connectivity index (χ1v) is 9.47. The van der Waals surface area contributed by atoms with Gasteiger partial charge in [-0.1, -0.05) is 6.07 Å². The normalized spacial score (nSPS) is 13.4. The maximum absolute atomic E-state index is 12.8. The number of aromatic nitrogens is 1. The number of hydrogen-bond acceptors (Lipinski definition) is 6. The number of ether oxygens (including phenoxy) is 2. The molecule has 0 unspecified atom stereocenters. The summed E-state index contributed by atoms with van der Waals surface area (Å²) >= 11 is 0. The van der Waals surface area contributed by atoms with E-state index >= 15 is 0 Å². The van der Waals surface area contributed by atoms with Gasteiger partial charge in [0.05, 0.1) is 31.4 Å². The minimum absolute atomic E-state index is 0.163. The van der Waals surface area contributed by atoms with E-state index in [1.807, 2.05) is 19.9 Å². The standard InChI is InChI=1S/C18H20N2O4S/c1-11-9-19-16(12(2)18(11)24-4)10-25(21,22)17-7-13-5-6-14(23-3)8-15(13)20-17/h5-6,8-9H,7,10H2,1-4H3. The van der Waals surface area contributed by atoms with E-state index in [2.05, 4.69) is 9.98 Å². The Morgan fingerprint density at radius 3 is 2.60 bits per heavy atom. The topological polar surface area (TPSA) is 77.9 Å². The van der Waals surface area contributed by atoms with Crippen LogP contribution in [0.1, 0.15) is 22.4 Å². The van der Waals surface area contributed by atoms with Gasteiger partial charge in [0, 0.05) is 29.8 Å². The number of nitrogens with zero attached hydrogens (tertiary/aromatic N) is 2. The molecule has 0 amide bonds. The van der Waals surface area contributed by atoms with Gasteiger partial charge >= 0.3 is 0 Å². The second kappa shape index (κ2) is 6.48. The molecule has 1 aliphatic heterocycles. The minimum Gasteiger partial charge on any atom is -0.497 e. The zero-order valence-corrected chi connectivity index (χ0v) is 15.5. The van der Waals surface area contributed by atoms with Crippen LogP contribution in [0, 0.1) is 13.8 Å². The summed E-state index contributed by atoms with van der Waals surface area (Å²) in [4.78, 5) is 8.59. The van der Waals surface area contributed by atoms with E-state index in [1.54, 1.807) is 32.5 Å². The first-order valence-electron chi connectivity index (χ1n) is 7.82. The monoisotopic (exact) mass is 360 g/mol. The SMILES string of the molecule is COc1ccc2c(c1)N=C(S(=O)(=O)Cc1ncc(C)c(OC)c1C)C2. The molecule has 1 aliphatic rings. The van der Waals surface area contributed by atoms with Crippen molar-refractivity contribution in [1.29, 1.82) is 0 Å². The predicted molar refractivity (Wildman–Crippen MR) is 96.7 cm³/mol. The summed E-state index contributed by atoms with van der Waals surface area (Å²) in [5, 5.41) is 0.163. The Hall–Kier alpha value is -2.41. The minimum atomic E-state index is -3.57. The fourth-order valence-corrected chi connectivity index (χ4v) is 4.35. The molecule has 0 saturated carbocycles. The van der Waals surface area contributed by atoms with Crippen LogP contribution in [-0.2, 0) is 22.0 Å². The van der Waals surface area contributed by atoms with Crippen LogP contribution in [0.5, 0.6) is 11.5 Å². The van der Waals surface area contributed by atoms with Crippen LogP contribution in [0.2, 0.25) is 0 Å². The Bertz CT molecular complexity index is 965. The van der Waals surface area contributed by atoms with Crippen molar-refractivity contribution >= 4 is 20.6 Å². The highest BCUT2D eigenvalue weighted by molar-refractivity contribution is 8.05. The lowest BCUT2D eigenvalue weighted by molar-refractivity contribution is 0.407. The van der Waals surface area contributed by atoms with Crippen molar-refractivity contribution in [2.45, 2.75) is 26.0 Å². The summed E-state index contributed by atoms with van der Waals surface area (Å²) < 4.78 is 36.2. The smallest absolute Gasteiger partial charge is 0.197 e. The van der Waals surface area contributed by atoms with Crippen molar-refractivity contribution in [2.75, 3.05) is 14.2 Å². The zero-order chi connectivity index (χ0) is 18.2. The molecule has 0 spiro atoms. The van der Waals surface area contributed by atoms with E-state index in [9.17, 15) is 8.42 Å². The second-order valence-corrected chi connectivity index (χ2v) is 7.97. The number of hydrogen-bond donors (Lipinski definition) is 0. The summed E-state index contributed by atoms with van der Waals surface area (Å²) in [6.45, 7) is 3.70. The highest BCUT2D eigenvalue weighted by atomic mass is 32.2. The van der Waals surface area contributed by atoms with Gasteiger partial charge in [-0.05, 0) is 25.5 Å². The Morgan fingerprint density at radius 1 is 1.16 bits per heavy atom. The van der Waals surface area contributed by atoms with Gasteiger partial charge in [0.25, 0.3) is 0 Å². The number of benzene rings is 1. The van der Waals surface area contributed by atoms with Gasteiger partial charge in [0.15, 0.2) is 9.84 Å². The third kappa shape index (κ3) is 3.24. The van der Waals surface area contributed by atoms with Crippen molar-refractivity contribution in [2.24, 2.45) is 4.99 Å². The Labute approximate surface area is 147 Å². The molecule has 2 heterocycles. The molecule has 3 rings (SSSR count). The number of sulfone groups is 1. The predicted octanol–water partition coefficient (Wildman–Crippen LogP) is 2.92. The molecule has 25 heavy (non-hydrogen) atoms. The number of pyridine rings is 1. The van der Waals surface area contributed by atoms with Gasteiger partial charge in [0.1, 0.15) is 16.5 Å². The Kier molecular flexibility index (Phi) is 4.51. The zero-order valence-electron chi connectivity index (χ0n) is 14.7. The molecule has 0 aliphatic carbocycles. The number of fused-ring (bicyclic) bond motifs is 1. The molecule has 1 aromatic heterocycles. The fraction of sp³-hybridized carbons (Fsp3) is 0.333. The number of rotatable bonds is 4. The number of aryl methyl sites for hydroxylation is 1. The molecule has 0 radical (unpaired) electrons. The van der Waals surface area contributed by atoms with Crippen molar-refractivity contribution in [3.05, 3.63) is 46.8 Å². The molecule has 0 atom stereocenters. The average molecular weight is 360 g/mol. The van der Waals surface area contributed by atoms with Gasteiger partial charge in [-0.3, -0.25) is 4.98 Å². The van der Waals surface area contributed by atoms with Gasteiger partial charge in [-0.15, -0.1) is 0 Å². The lowest BCUT2D eigenvalue weighted by Gasteiger charge is -2.12. The molecule has 1 aromatic carbocycles. The third-order valence-electron chi connectivity index (χ3n) is 4.31. The maximum Gasteiger partial charge on any atom is 0.197 e. The van der Waals surface area contributed by atoms with Gasteiger partial charge in [0.2, 0.25) is 0 Å². The van der Waals surface area contributed by atoms with Crippen molar-refractivity contribution in [3.8, 4) is 11.5 Å². The quantitative estimate of drug-likeness (QED) is 0.838. The summed E-state index contributed by atoms with van der Waals surface area (Å²) in [5.74, 6) is 1.13. The van der Waals surface area contributed by atoms with Crippen molar-refractivity contribution in [3.63, 3.8) is 0 Å². The van der Waals surface area contributed by atoms with Gasteiger partial charge in [-0.2, -0.15) is 0 Å². The van der Waals surface area contributed by atoms with Crippen LogP contribution in [0.3, 0.4) is 0 Å². The Morgan fingerprint density at radius 2 is 1.92 bits per heavy atom. The van der Waals surface area contributed by atoms with Gasteiger partial charge < -0.3 is 9.47 Å². The first kappa shape index (κ1) is 17.4. The number of aliphatic imine (C=N–C) groups is 1. The third-order valence-corrected chi connectivity index (χ3v) is 5.92. The second-order valence-electron chi connectivity index (χ2n) is 5.98. The maximum atomic E-state index is 12.8. The van der Waals surface area contributed by atoms with Crippen LogP contribution in [-0.4, -0.2) is 32.7 Å². The average Bonchev–Trinajstić information content (AvgIpc) is 3.02. The van der Waals surface area contributed by atoms with E-state index in [-0.39, 0.29) is 10.8 Å². The van der Waals surface area contributed by atoms with Crippen LogP contribution >= 0.6 is 0 Å². The highest BCUT2D eigenvalue weighted by Crippen LogP contribution is 2.33. The van der Waals surface area contributed by atoms with Crippen LogP contribution in [0.4, 0.5) is 5.69 Å². The fourth-order valence-electron chi connectivity index (χ4n) is 2.92. The lowest BCUT2D eigenvalue weighted by atomic mass is 10.1. The van der Waals surface area contributed by atoms with E-state index in [0.29, 0.717) is 29.3 Å². The van der Waals surface area contributed by atoms with Gasteiger partial charge in [-0.25, -0.2) is 13.4 Å². The van der Waals surface area contributed by atoms with E-state index in [4.69, 9.17) is 9.47 Å². The van der Waals surface area contributed by atoms with Crippen molar-refractivity contribution in [1.82, 2.24) is 4.98 Å². The van der Waals surface area contributed by atoms with E-state index in [1.165, 1.54) is 0 Å². The highest BCUT2D eigenvalue weighted by Gasteiger charge is 2.28. The van der Waals surface area contributed by atoms with E-state index < -0.39 is 9.84 Å². The summed E-state index contributed by atoms with van der Waals surface area (Å²) in [7, 11) is -0.435. The first-order chi connectivity index (χ1) is 11.9.